The van der Waals surface area contributed by atoms with Gasteiger partial charge in [0, 0.05) is 10.6 Å². The lowest BCUT2D eigenvalue weighted by Gasteiger charge is -1.96. The Morgan fingerprint density at radius 2 is 1.78 bits per heavy atom. The molecular weight excluding hydrogens is 268 g/mol. The van der Waals surface area contributed by atoms with E-state index >= 15 is 0 Å². The summed E-state index contributed by atoms with van der Waals surface area (Å²) in [5.74, 6) is 0. The Hall–Kier alpha value is -1.26. The first kappa shape index (κ1) is 14.8. The van der Waals surface area contributed by atoms with Crippen LogP contribution < -0.4 is 5.73 Å². The average Bonchev–Trinajstić information content (AvgIpc) is 2.70. The second-order valence-electron chi connectivity index (χ2n) is 3.71. The number of hydrogen-bond acceptors (Lipinski definition) is 4. The van der Waals surface area contributed by atoms with Gasteiger partial charge in [0.05, 0.1) is 0 Å². The molecule has 0 saturated carbocycles. The molecule has 0 aliphatic rings. The van der Waals surface area contributed by atoms with Crippen molar-refractivity contribution < 1.29 is 5.11 Å². The van der Waals surface area contributed by atoms with Gasteiger partial charge in [0.1, 0.15) is 5.69 Å². The van der Waals surface area contributed by atoms with Gasteiger partial charge in [0.2, 0.25) is 5.06 Å². The highest BCUT2D eigenvalue weighted by atomic mass is 35.5. The minimum atomic E-state index is 0.129. The Kier molecular flexibility index (Phi) is 5.95. The number of thiazole rings is 1. The van der Waals surface area contributed by atoms with E-state index in [9.17, 15) is 5.11 Å². The van der Waals surface area contributed by atoms with Crippen LogP contribution in [0, 0.1) is 0 Å². The summed E-state index contributed by atoms with van der Waals surface area (Å²) in [6.07, 6.45) is 2.64. The van der Waals surface area contributed by atoms with E-state index in [4.69, 9.17) is 17.3 Å². The van der Waals surface area contributed by atoms with Gasteiger partial charge in [-0.1, -0.05) is 61.8 Å². The molecule has 0 bridgehead atoms. The zero-order chi connectivity index (χ0) is 13.5. The molecular formula is C13H17ClN2OS. The third-order valence-corrected chi connectivity index (χ3v) is 3.18. The zero-order valence-electron chi connectivity index (χ0n) is 10.5. The number of anilines is 1. The van der Waals surface area contributed by atoms with E-state index in [1.165, 1.54) is 12.8 Å². The first-order chi connectivity index (χ1) is 8.58. The molecule has 98 valence electrons. The molecule has 0 aliphatic heterocycles. The smallest absolute Gasteiger partial charge is 0.201 e. The molecule has 0 spiro atoms. The number of halogens is 1. The van der Waals surface area contributed by atoms with E-state index in [1.54, 1.807) is 24.3 Å². The van der Waals surface area contributed by atoms with Crippen LogP contribution in [0.3, 0.4) is 0 Å². The number of nitrogen functional groups attached to an aromatic ring is 1. The van der Waals surface area contributed by atoms with Crippen LogP contribution in [0.25, 0.3) is 11.3 Å². The second-order valence-corrected chi connectivity index (χ2v) is 5.16. The maximum atomic E-state index is 9.50. The molecule has 3 N–H and O–H groups in total. The summed E-state index contributed by atoms with van der Waals surface area (Å²) in [6.45, 7) is 4.36. The van der Waals surface area contributed by atoms with Crippen molar-refractivity contribution >= 4 is 28.1 Å². The van der Waals surface area contributed by atoms with Crippen LogP contribution in [0.5, 0.6) is 5.06 Å². The molecule has 0 radical (unpaired) electrons. The lowest BCUT2D eigenvalue weighted by atomic mass is 10.2. The number of nitrogens with two attached hydrogens (primary N) is 1. The maximum absolute atomic E-state index is 9.50. The molecule has 0 amide bonds. The summed E-state index contributed by atoms with van der Waals surface area (Å²) in [5.41, 5.74) is 6.78. The molecule has 1 aromatic carbocycles. The molecule has 1 aromatic heterocycles. The third kappa shape index (κ3) is 4.20. The normalized spacial score (nSPS) is 9.72. The predicted molar refractivity (Wildman–Crippen MR) is 79.2 cm³/mol. The molecule has 0 fully saturated rings. The quantitative estimate of drug-likeness (QED) is 0.850. The summed E-state index contributed by atoms with van der Waals surface area (Å²) < 4.78 is 0. The second kappa shape index (κ2) is 7.24. The first-order valence-corrected chi connectivity index (χ1v) is 6.99. The Balaban J connectivity index is 0.000000357. The van der Waals surface area contributed by atoms with Gasteiger partial charge < -0.3 is 10.8 Å². The van der Waals surface area contributed by atoms with Crippen molar-refractivity contribution in [1.29, 1.82) is 0 Å². The minimum absolute atomic E-state index is 0.129. The summed E-state index contributed by atoms with van der Waals surface area (Å²) in [7, 11) is 0. The van der Waals surface area contributed by atoms with Crippen molar-refractivity contribution in [1.82, 2.24) is 4.98 Å². The summed E-state index contributed by atoms with van der Waals surface area (Å²) >= 11 is 6.80. The van der Waals surface area contributed by atoms with Gasteiger partial charge in [0.15, 0.2) is 5.13 Å². The lowest BCUT2D eigenvalue weighted by Crippen LogP contribution is -1.82. The summed E-state index contributed by atoms with van der Waals surface area (Å²) in [4.78, 5) is 4.01. The van der Waals surface area contributed by atoms with Gasteiger partial charge in [-0.2, -0.15) is 0 Å². The maximum Gasteiger partial charge on any atom is 0.201 e. The number of aromatic nitrogens is 1. The van der Waals surface area contributed by atoms with Crippen molar-refractivity contribution in [3.8, 4) is 16.3 Å². The molecule has 3 nitrogen and oxygen atoms in total. The number of unbranched alkanes of at least 4 members (excludes halogenated alkanes) is 1. The van der Waals surface area contributed by atoms with Crippen LogP contribution in [0.15, 0.2) is 24.3 Å². The molecule has 2 aromatic rings. The SMILES string of the molecule is CCCC.Nc1nc(-c2ccc(Cl)cc2)c(O)s1. The number of rotatable bonds is 2. The Labute approximate surface area is 116 Å². The molecule has 0 unspecified atom stereocenters. The Bertz CT molecular complexity index is 480. The monoisotopic (exact) mass is 284 g/mol. The molecule has 2 rings (SSSR count). The highest BCUT2D eigenvalue weighted by Gasteiger charge is 2.09. The van der Waals surface area contributed by atoms with Crippen LogP contribution in [-0.2, 0) is 0 Å². The lowest BCUT2D eigenvalue weighted by molar-refractivity contribution is 0.491. The van der Waals surface area contributed by atoms with Crippen molar-refractivity contribution in [2.45, 2.75) is 26.7 Å². The van der Waals surface area contributed by atoms with E-state index < -0.39 is 0 Å². The van der Waals surface area contributed by atoms with Gasteiger partial charge in [-0.25, -0.2) is 4.98 Å². The van der Waals surface area contributed by atoms with Gasteiger partial charge in [-0.15, -0.1) is 0 Å². The molecule has 0 aliphatic carbocycles. The van der Waals surface area contributed by atoms with E-state index in [0.717, 1.165) is 16.9 Å². The minimum Gasteiger partial charge on any atom is -0.498 e. The highest BCUT2D eigenvalue weighted by Crippen LogP contribution is 2.35. The number of benzene rings is 1. The molecule has 5 heteroatoms. The van der Waals surface area contributed by atoms with Crippen LogP contribution in [0.4, 0.5) is 5.13 Å². The van der Waals surface area contributed by atoms with Crippen molar-refractivity contribution in [3.05, 3.63) is 29.3 Å². The van der Waals surface area contributed by atoms with Crippen LogP contribution in [-0.4, -0.2) is 10.1 Å². The standard InChI is InChI=1S/C9H7ClN2OS.C4H10/c10-6-3-1-5(2-4-6)7-8(13)14-9(11)12-7;1-3-4-2/h1-4,13H,(H2,11,12);3-4H2,1-2H3. The van der Waals surface area contributed by atoms with E-state index in [2.05, 4.69) is 18.8 Å². The zero-order valence-corrected chi connectivity index (χ0v) is 12.1. The third-order valence-electron chi connectivity index (χ3n) is 2.24. The first-order valence-electron chi connectivity index (χ1n) is 5.79. The van der Waals surface area contributed by atoms with Gasteiger partial charge in [-0.05, 0) is 12.1 Å². The van der Waals surface area contributed by atoms with E-state index in [-0.39, 0.29) is 5.06 Å². The average molecular weight is 285 g/mol. The Morgan fingerprint density at radius 3 is 2.17 bits per heavy atom. The summed E-state index contributed by atoms with van der Waals surface area (Å²) in [5, 5.41) is 10.6. The van der Waals surface area contributed by atoms with Crippen LogP contribution >= 0.6 is 22.9 Å². The van der Waals surface area contributed by atoms with E-state index in [1.807, 2.05) is 0 Å². The van der Waals surface area contributed by atoms with Crippen LogP contribution in [0.1, 0.15) is 26.7 Å². The largest absolute Gasteiger partial charge is 0.498 e. The Morgan fingerprint density at radius 1 is 1.22 bits per heavy atom. The van der Waals surface area contributed by atoms with Gasteiger partial charge in [0.25, 0.3) is 0 Å². The fraction of sp³-hybridized carbons (Fsp3) is 0.308. The molecule has 0 atom stereocenters. The fourth-order valence-corrected chi connectivity index (χ4v) is 1.85. The number of aromatic hydroxyl groups is 1. The highest BCUT2D eigenvalue weighted by molar-refractivity contribution is 7.17. The predicted octanol–water partition coefficient (Wildman–Crippen LogP) is 4.56. The molecule has 0 saturated heterocycles. The van der Waals surface area contributed by atoms with Gasteiger partial charge >= 0.3 is 0 Å². The number of hydrogen-bond donors (Lipinski definition) is 2. The van der Waals surface area contributed by atoms with Crippen molar-refractivity contribution in [2.75, 3.05) is 5.73 Å². The van der Waals surface area contributed by atoms with Crippen molar-refractivity contribution in [3.63, 3.8) is 0 Å². The van der Waals surface area contributed by atoms with Crippen LogP contribution in [0.2, 0.25) is 5.02 Å². The van der Waals surface area contributed by atoms with Crippen molar-refractivity contribution in [2.24, 2.45) is 0 Å². The summed E-state index contributed by atoms with van der Waals surface area (Å²) in [6, 6.07) is 7.06. The molecule has 18 heavy (non-hydrogen) atoms. The van der Waals surface area contributed by atoms with E-state index in [0.29, 0.717) is 15.8 Å². The topological polar surface area (TPSA) is 59.1 Å². The van der Waals surface area contributed by atoms with Gasteiger partial charge in [-0.3, -0.25) is 0 Å². The molecule has 1 heterocycles. The fourth-order valence-electron chi connectivity index (χ4n) is 1.12. The number of nitrogens with zero attached hydrogens (tertiary/aromatic N) is 1.